The maximum atomic E-state index is 2.22. The van der Waals surface area contributed by atoms with Gasteiger partial charge in [-0.1, -0.05) is 55.3 Å². The maximum absolute atomic E-state index is 2.22. The summed E-state index contributed by atoms with van der Waals surface area (Å²) in [4.78, 5) is 0. The molecule has 2 rings (SSSR count). The van der Waals surface area contributed by atoms with Crippen LogP contribution in [0.1, 0.15) is 52.8 Å². The minimum Gasteiger partial charge on any atom is -0.358 e. The van der Waals surface area contributed by atoms with Crippen molar-refractivity contribution >= 4 is 0 Å². The quantitative estimate of drug-likeness (QED) is 0.401. The third-order valence-corrected chi connectivity index (χ3v) is 3.73. The van der Waals surface area contributed by atoms with Gasteiger partial charge in [0.15, 0.2) is 0 Å². The van der Waals surface area contributed by atoms with E-state index in [0.29, 0.717) is 0 Å². The predicted octanol–water partition coefficient (Wildman–Crippen LogP) is 7.46. The molecule has 1 heteroatoms. The summed E-state index contributed by atoms with van der Waals surface area (Å²) >= 11 is 0. The minimum absolute atomic E-state index is 0. The molecule has 0 aliphatic heterocycles. The van der Waals surface area contributed by atoms with Crippen LogP contribution in [-0.2, 0) is 32.7 Å². The fourth-order valence-electron chi connectivity index (χ4n) is 2.14. The smallest absolute Gasteiger partial charge is 0 e. The number of rotatable bonds is 0. The Kier molecular flexibility index (Phi) is 20.9. The van der Waals surface area contributed by atoms with E-state index in [4.69, 9.17) is 0 Å². The fourth-order valence-corrected chi connectivity index (χ4v) is 2.14. The van der Waals surface area contributed by atoms with Gasteiger partial charge in [0, 0.05) is 32.7 Å². The molecule has 1 radical (unpaired) electrons. The molecular weight excluding hydrogens is 365 g/mol. The number of aryl methyl sites for hydroxylation is 6. The molecule has 0 amide bonds. The van der Waals surface area contributed by atoms with Gasteiger partial charge in [0.2, 0.25) is 0 Å². The number of hydrogen-bond acceptors (Lipinski definition) is 0. The molecule has 0 nitrogen and oxygen atoms in total. The van der Waals surface area contributed by atoms with Gasteiger partial charge >= 0.3 is 0 Å². The van der Waals surface area contributed by atoms with Crippen molar-refractivity contribution in [3.05, 3.63) is 84.1 Å². The summed E-state index contributed by atoms with van der Waals surface area (Å²) in [6.45, 7) is 19.0. The van der Waals surface area contributed by atoms with Gasteiger partial charge in [-0.05, 0) is 76.3 Å². The monoisotopic (exact) mass is 403 g/mol. The molecule has 0 N–H and O–H groups in total. The maximum Gasteiger partial charge on any atom is 0 e. The standard InChI is InChI=1S/C10H14.C9H12.C2H6.2CH3.Y/c1-7-5-8(2)10(4)9(3)6-7;1-7-4-5-8(2)9(3)6-7;1-2;;;/h5-6H,1-4H3;4-6H,1-3H3;1-2H3;2*1H3;/q;;;2*-1;. The van der Waals surface area contributed by atoms with E-state index in [2.05, 4.69) is 78.8 Å². The average Bonchev–Trinajstić information content (AvgIpc) is 2.43. The molecule has 0 saturated carbocycles. The van der Waals surface area contributed by atoms with Crippen LogP contribution in [0.5, 0.6) is 0 Å². The molecule has 0 aromatic heterocycles. The van der Waals surface area contributed by atoms with E-state index >= 15 is 0 Å². The van der Waals surface area contributed by atoms with E-state index in [0.717, 1.165) is 0 Å². The van der Waals surface area contributed by atoms with Crippen molar-refractivity contribution in [1.82, 2.24) is 0 Å². The van der Waals surface area contributed by atoms with Crippen LogP contribution in [0.25, 0.3) is 0 Å². The Labute approximate surface area is 178 Å². The molecule has 2 aromatic rings. The first kappa shape index (κ1) is 31.3. The Morgan fingerprint density at radius 3 is 1.21 bits per heavy atom. The second kappa shape index (κ2) is 16.0. The van der Waals surface area contributed by atoms with Crippen LogP contribution in [0.2, 0.25) is 0 Å². The molecule has 24 heavy (non-hydrogen) atoms. The summed E-state index contributed by atoms with van der Waals surface area (Å²) in [6, 6.07) is 11.0. The van der Waals surface area contributed by atoms with E-state index in [1.54, 1.807) is 0 Å². The summed E-state index contributed by atoms with van der Waals surface area (Å²) in [6.07, 6.45) is 0. The Morgan fingerprint density at radius 1 is 0.500 bits per heavy atom. The van der Waals surface area contributed by atoms with Gasteiger partial charge in [0.25, 0.3) is 0 Å². The summed E-state index contributed by atoms with van der Waals surface area (Å²) in [7, 11) is 0. The van der Waals surface area contributed by atoms with Crippen molar-refractivity contribution in [2.45, 2.75) is 62.3 Å². The molecule has 0 fully saturated rings. The largest absolute Gasteiger partial charge is 0.358 e. The Bertz CT molecular complexity index is 545. The first-order valence-electron chi connectivity index (χ1n) is 7.89. The van der Waals surface area contributed by atoms with Crippen molar-refractivity contribution in [2.24, 2.45) is 0 Å². The zero-order valence-corrected chi connectivity index (χ0v) is 20.8. The van der Waals surface area contributed by atoms with Gasteiger partial charge in [-0.15, -0.1) is 0 Å². The van der Waals surface area contributed by atoms with Crippen LogP contribution < -0.4 is 0 Å². The molecule has 0 aliphatic rings. The molecular formula is C23H38Y-2. The van der Waals surface area contributed by atoms with Gasteiger partial charge in [0.1, 0.15) is 0 Å². The van der Waals surface area contributed by atoms with Crippen molar-refractivity contribution in [1.29, 1.82) is 0 Å². The molecule has 0 heterocycles. The zero-order chi connectivity index (χ0) is 16.6. The van der Waals surface area contributed by atoms with Crippen LogP contribution >= 0.6 is 0 Å². The Morgan fingerprint density at radius 2 is 0.875 bits per heavy atom. The summed E-state index contributed by atoms with van der Waals surface area (Å²) < 4.78 is 0. The molecule has 2 aromatic carbocycles. The summed E-state index contributed by atoms with van der Waals surface area (Å²) in [5, 5.41) is 0. The number of benzene rings is 2. The summed E-state index contributed by atoms with van der Waals surface area (Å²) in [5.74, 6) is 0. The van der Waals surface area contributed by atoms with E-state index < -0.39 is 0 Å². The van der Waals surface area contributed by atoms with Gasteiger partial charge in [-0.25, -0.2) is 0 Å². The molecule has 0 atom stereocenters. The van der Waals surface area contributed by atoms with Crippen molar-refractivity contribution in [3.63, 3.8) is 0 Å². The summed E-state index contributed by atoms with van der Waals surface area (Å²) in [5.41, 5.74) is 9.69. The van der Waals surface area contributed by atoms with Crippen LogP contribution in [0.3, 0.4) is 0 Å². The van der Waals surface area contributed by atoms with Crippen LogP contribution in [-0.4, -0.2) is 0 Å². The first-order chi connectivity index (χ1) is 9.81. The molecule has 0 unspecified atom stereocenters. The fraction of sp³-hybridized carbons (Fsp3) is 0.391. The van der Waals surface area contributed by atoms with Crippen LogP contribution in [0.4, 0.5) is 0 Å². The average molecular weight is 403 g/mol. The first-order valence-corrected chi connectivity index (χ1v) is 7.89. The van der Waals surface area contributed by atoms with Crippen LogP contribution in [0.15, 0.2) is 30.3 Å². The van der Waals surface area contributed by atoms with Crippen molar-refractivity contribution in [3.8, 4) is 0 Å². The Balaban J connectivity index is -0.000000136. The van der Waals surface area contributed by atoms with Gasteiger partial charge in [0.05, 0.1) is 0 Å². The van der Waals surface area contributed by atoms with E-state index in [-0.39, 0.29) is 47.6 Å². The Hall–Kier alpha value is -0.456. The SMILES string of the molecule is CC.Cc1cc(C)c(C)c(C)c1.Cc1ccc(C)c(C)c1.[CH3-].[CH3-].[Y]. The molecule has 0 aliphatic carbocycles. The normalized spacial score (nSPS) is 8.04. The van der Waals surface area contributed by atoms with E-state index in [1.165, 1.54) is 38.9 Å². The molecule has 135 valence electrons. The number of hydrogen-bond donors (Lipinski definition) is 0. The minimum atomic E-state index is 0. The molecule has 0 bridgehead atoms. The van der Waals surface area contributed by atoms with E-state index in [1.807, 2.05) is 13.8 Å². The third kappa shape index (κ3) is 11.2. The topological polar surface area (TPSA) is 0 Å². The van der Waals surface area contributed by atoms with E-state index in [9.17, 15) is 0 Å². The molecule has 0 saturated heterocycles. The van der Waals surface area contributed by atoms with Crippen molar-refractivity contribution < 1.29 is 32.7 Å². The van der Waals surface area contributed by atoms with Gasteiger partial charge in [-0.3, -0.25) is 0 Å². The van der Waals surface area contributed by atoms with Gasteiger partial charge < -0.3 is 14.9 Å². The second-order valence-corrected chi connectivity index (χ2v) is 5.61. The van der Waals surface area contributed by atoms with Gasteiger partial charge in [-0.2, -0.15) is 0 Å². The third-order valence-electron chi connectivity index (χ3n) is 3.73. The van der Waals surface area contributed by atoms with Crippen LogP contribution in [0, 0.1) is 63.3 Å². The second-order valence-electron chi connectivity index (χ2n) is 5.61. The zero-order valence-electron chi connectivity index (χ0n) is 18.0. The molecule has 0 spiro atoms. The predicted molar refractivity (Wildman–Crippen MR) is 110 cm³/mol. The van der Waals surface area contributed by atoms with Crippen molar-refractivity contribution in [2.75, 3.05) is 0 Å².